The number of halogens is 1. The van der Waals surface area contributed by atoms with E-state index >= 15 is 0 Å². The van der Waals surface area contributed by atoms with E-state index in [1.54, 1.807) is 42.5 Å². The summed E-state index contributed by atoms with van der Waals surface area (Å²) in [5.41, 5.74) is 0.890. The number of methoxy groups -OCH3 is 1. The Labute approximate surface area is 234 Å². The number of nitrogens with zero attached hydrogens (tertiary/aromatic N) is 2. The van der Waals surface area contributed by atoms with Gasteiger partial charge in [-0.2, -0.15) is 0 Å². The van der Waals surface area contributed by atoms with Gasteiger partial charge >= 0.3 is 12.0 Å². The van der Waals surface area contributed by atoms with Gasteiger partial charge in [-0.05, 0) is 54.4 Å². The summed E-state index contributed by atoms with van der Waals surface area (Å²) in [4.78, 5) is 29.1. The number of carbonyl (C=O) groups excluding carboxylic acids is 2. The Kier molecular flexibility index (Phi) is 9.96. The van der Waals surface area contributed by atoms with Crippen LogP contribution >= 0.6 is 0 Å². The highest BCUT2D eigenvalue weighted by molar-refractivity contribution is 5.90. The molecule has 1 heterocycles. The van der Waals surface area contributed by atoms with Crippen LogP contribution < -0.4 is 14.8 Å². The van der Waals surface area contributed by atoms with Gasteiger partial charge in [0.1, 0.15) is 28.8 Å². The van der Waals surface area contributed by atoms with E-state index in [9.17, 15) is 14.0 Å². The lowest BCUT2D eigenvalue weighted by Crippen LogP contribution is -2.50. The average Bonchev–Trinajstić information content (AvgIpc) is 2.97. The molecule has 0 aliphatic carbocycles. The molecule has 40 heavy (non-hydrogen) atoms. The molecule has 1 N–H and O–H groups in total. The monoisotopic (exact) mass is 549 g/mol. The van der Waals surface area contributed by atoms with Gasteiger partial charge in [-0.25, -0.2) is 14.0 Å². The minimum absolute atomic E-state index is 0.200. The molecule has 1 aliphatic rings. The van der Waals surface area contributed by atoms with Crippen molar-refractivity contribution in [1.29, 1.82) is 0 Å². The third-order valence-electron chi connectivity index (χ3n) is 7.02. The van der Waals surface area contributed by atoms with Gasteiger partial charge in [0.2, 0.25) is 0 Å². The maximum atomic E-state index is 13.4. The molecule has 212 valence electrons. The van der Waals surface area contributed by atoms with Crippen LogP contribution in [0.4, 0.5) is 14.9 Å². The van der Waals surface area contributed by atoms with Crippen molar-refractivity contribution in [3.05, 3.63) is 78.1 Å². The first kappa shape index (κ1) is 28.9. The van der Waals surface area contributed by atoms with Crippen molar-refractivity contribution >= 4 is 17.7 Å². The first-order valence-corrected chi connectivity index (χ1v) is 13.6. The van der Waals surface area contributed by atoms with Gasteiger partial charge in [-0.3, -0.25) is 4.90 Å². The summed E-state index contributed by atoms with van der Waals surface area (Å²) < 4.78 is 30.1. The molecule has 0 aromatic heterocycles. The first-order chi connectivity index (χ1) is 19.4. The molecular formula is C31H36FN3O5. The largest absolute Gasteiger partial charge is 0.465 e. The molecule has 0 unspecified atom stereocenters. The number of amides is 2. The Morgan fingerprint density at radius 3 is 1.90 bits per heavy atom. The molecular weight excluding hydrogens is 513 g/mol. The predicted octanol–water partition coefficient (Wildman–Crippen LogP) is 6.78. The van der Waals surface area contributed by atoms with Crippen LogP contribution in [0.2, 0.25) is 0 Å². The molecule has 0 saturated carbocycles. The van der Waals surface area contributed by atoms with E-state index in [-0.39, 0.29) is 11.8 Å². The number of hydrogen-bond donors (Lipinski definition) is 1. The molecule has 0 spiro atoms. The highest BCUT2D eigenvalue weighted by atomic mass is 19.1. The van der Waals surface area contributed by atoms with E-state index < -0.39 is 5.97 Å². The van der Waals surface area contributed by atoms with Gasteiger partial charge < -0.3 is 24.4 Å². The molecule has 0 radical (unpaired) electrons. The number of nitrogens with one attached hydrogen (secondary N) is 1. The van der Waals surface area contributed by atoms with E-state index in [1.165, 1.54) is 31.4 Å². The summed E-state index contributed by atoms with van der Waals surface area (Å²) in [6.45, 7) is 8.48. The third-order valence-corrected chi connectivity index (χ3v) is 7.02. The summed E-state index contributed by atoms with van der Waals surface area (Å²) in [5.74, 6) is 1.61. The Bertz CT molecular complexity index is 1270. The fourth-order valence-corrected chi connectivity index (χ4v) is 4.56. The van der Waals surface area contributed by atoms with Crippen LogP contribution in [0.3, 0.4) is 0 Å². The summed E-state index contributed by atoms with van der Waals surface area (Å²) in [7, 11) is 1.32. The molecule has 1 aliphatic heterocycles. The molecule has 4 rings (SSSR count). The van der Waals surface area contributed by atoms with Crippen LogP contribution in [-0.2, 0) is 4.74 Å². The summed E-state index contributed by atoms with van der Waals surface area (Å²) >= 11 is 0. The van der Waals surface area contributed by atoms with E-state index in [0.717, 1.165) is 32.5 Å². The quantitative estimate of drug-likeness (QED) is 0.281. The topological polar surface area (TPSA) is 80.3 Å². The van der Waals surface area contributed by atoms with Gasteiger partial charge in [-0.15, -0.1) is 0 Å². The summed E-state index contributed by atoms with van der Waals surface area (Å²) in [6, 6.07) is 17.0. The number of benzene rings is 3. The molecule has 9 heteroatoms. The Morgan fingerprint density at radius 1 is 0.825 bits per heavy atom. The second-order valence-electron chi connectivity index (χ2n) is 9.77. The van der Waals surface area contributed by atoms with E-state index in [1.807, 2.05) is 4.90 Å². The van der Waals surface area contributed by atoms with E-state index in [2.05, 4.69) is 24.1 Å². The minimum atomic E-state index is -0.442. The van der Waals surface area contributed by atoms with Crippen LogP contribution in [0, 0.1) is 11.7 Å². The number of urea groups is 1. The SMILES string of the molecule is CCC(CC)CN1CCN(C(=O)Nc2cc(Oc3ccc(F)cc3)cc(Oc3ccc(C(=O)OC)cc3)c2)CC1. The maximum Gasteiger partial charge on any atom is 0.337 e. The molecule has 3 aromatic carbocycles. The Balaban J connectivity index is 1.48. The summed E-state index contributed by atoms with van der Waals surface area (Å²) in [5, 5.41) is 2.97. The Hall–Kier alpha value is -4.11. The number of piperazine rings is 1. The number of ether oxygens (including phenoxy) is 3. The number of esters is 1. The number of rotatable bonds is 10. The van der Waals surface area contributed by atoms with Gasteiger partial charge in [0.15, 0.2) is 0 Å². The molecule has 2 amide bonds. The number of hydrogen-bond acceptors (Lipinski definition) is 6. The lowest BCUT2D eigenvalue weighted by Gasteiger charge is -2.36. The zero-order valence-corrected chi connectivity index (χ0v) is 23.2. The average molecular weight is 550 g/mol. The normalized spacial score (nSPS) is 13.7. The standard InChI is InChI=1S/C31H36FN3O5/c1-4-22(5-2)21-34-14-16-35(17-15-34)31(37)33-25-18-28(39-26-10-6-23(7-11-26)30(36)38-3)20-29(19-25)40-27-12-8-24(32)9-13-27/h6-13,18-20,22H,4-5,14-17,21H2,1-3H3,(H,33,37). The van der Waals surface area contributed by atoms with Crippen molar-refractivity contribution in [1.82, 2.24) is 9.80 Å². The molecule has 0 atom stereocenters. The van der Waals surface area contributed by atoms with Crippen LogP contribution in [0.15, 0.2) is 66.7 Å². The Morgan fingerprint density at radius 2 is 1.38 bits per heavy atom. The minimum Gasteiger partial charge on any atom is -0.465 e. The van der Waals surface area contributed by atoms with Crippen LogP contribution in [0.25, 0.3) is 0 Å². The van der Waals surface area contributed by atoms with E-state index in [4.69, 9.17) is 14.2 Å². The molecule has 0 bridgehead atoms. The van der Waals surface area contributed by atoms with Gasteiger partial charge in [-0.1, -0.05) is 26.7 Å². The molecule has 3 aromatic rings. The molecule has 1 saturated heterocycles. The van der Waals surface area contributed by atoms with Gasteiger partial charge in [0.25, 0.3) is 0 Å². The van der Waals surface area contributed by atoms with Crippen molar-refractivity contribution < 1.29 is 28.2 Å². The van der Waals surface area contributed by atoms with Gasteiger partial charge in [0.05, 0.1) is 12.7 Å². The summed E-state index contributed by atoms with van der Waals surface area (Å²) in [6.07, 6.45) is 2.32. The smallest absolute Gasteiger partial charge is 0.337 e. The zero-order valence-electron chi connectivity index (χ0n) is 23.2. The highest BCUT2D eigenvalue weighted by Gasteiger charge is 2.23. The number of carbonyl (C=O) groups is 2. The number of anilines is 1. The second-order valence-corrected chi connectivity index (χ2v) is 9.77. The lowest BCUT2D eigenvalue weighted by molar-refractivity contribution is 0.0600. The van der Waals surface area contributed by atoms with Crippen molar-refractivity contribution in [2.75, 3.05) is 45.2 Å². The van der Waals surface area contributed by atoms with Crippen molar-refractivity contribution in [3.63, 3.8) is 0 Å². The lowest BCUT2D eigenvalue weighted by atomic mass is 10.0. The maximum absolute atomic E-state index is 13.4. The van der Waals surface area contributed by atoms with Crippen LogP contribution in [0.1, 0.15) is 37.0 Å². The molecule has 1 fully saturated rings. The molecule has 8 nitrogen and oxygen atoms in total. The van der Waals surface area contributed by atoms with Crippen LogP contribution in [0.5, 0.6) is 23.0 Å². The zero-order chi connectivity index (χ0) is 28.5. The third kappa shape index (κ3) is 7.95. The van der Waals surface area contributed by atoms with Crippen LogP contribution in [-0.4, -0.2) is 61.6 Å². The predicted molar refractivity (Wildman–Crippen MR) is 152 cm³/mol. The van der Waals surface area contributed by atoms with E-state index in [0.29, 0.717) is 53.3 Å². The van der Waals surface area contributed by atoms with Crippen molar-refractivity contribution in [2.45, 2.75) is 26.7 Å². The highest BCUT2D eigenvalue weighted by Crippen LogP contribution is 2.33. The fourth-order valence-electron chi connectivity index (χ4n) is 4.56. The van der Waals surface area contributed by atoms with Gasteiger partial charge in [0, 0.05) is 56.6 Å². The van der Waals surface area contributed by atoms with Crippen molar-refractivity contribution in [2.24, 2.45) is 5.92 Å². The fraction of sp³-hybridized carbons (Fsp3) is 0.355. The van der Waals surface area contributed by atoms with Crippen molar-refractivity contribution in [3.8, 4) is 23.0 Å². The first-order valence-electron chi connectivity index (χ1n) is 13.6. The second kappa shape index (κ2) is 13.8.